The monoisotopic (exact) mass is 236 g/mol. The number of hydrogen-bond acceptors (Lipinski definition) is 4. The average Bonchev–Trinajstić information content (AvgIpc) is 2.38. The number of nitrogens with one attached hydrogen (secondary N) is 1. The van der Waals surface area contributed by atoms with Crippen molar-refractivity contribution in [3.05, 3.63) is 29.6 Å². The fourth-order valence-corrected chi connectivity index (χ4v) is 2.05. The van der Waals surface area contributed by atoms with Crippen molar-refractivity contribution >= 4 is 0 Å². The van der Waals surface area contributed by atoms with Gasteiger partial charge in [-0.25, -0.2) is 0 Å². The number of rotatable bonds is 4. The van der Waals surface area contributed by atoms with Crippen molar-refractivity contribution in [2.24, 2.45) is 0 Å². The first-order valence-electron chi connectivity index (χ1n) is 6.16. The van der Waals surface area contributed by atoms with Gasteiger partial charge in [0.25, 0.3) is 0 Å². The first-order chi connectivity index (χ1) is 8.31. The van der Waals surface area contributed by atoms with E-state index in [0.717, 1.165) is 17.8 Å². The molecule has 0 aliphatic carbocycles. The standard InChI is InChI=1S/C13H20N2O2/c1-3-14-13(12-9-16-6-7-17-12)11-5-4-10(2)15-8-11/h4-5,8,12-14H,3,6-7,9H2,1-2H3. The van der Waals surface area contributed by atoms with Crippen LogP contribution >= 0.6 is 0 Å². The van der Waals surface area contributed by atoms with Crippen LogP contribution in [-0.2, 0) is 9.47 Å². The van der Waals surface area contributed by atoms with E-state index >= 15 is 0 Å². The van der Waals surface area contributed by atoms with Crippen LogP contribution < -0.4 is 5.32 Å². The Balaban J connectivity index is 2.12. The van der Waals surface area contributed by atoms with E-state index in [0.29, 0.717) is 19.8 Å². The highest BCUT2D eigenvalue weighted by atomic mass is 16.6. The fraction of sp³-hybridized carbons (Fsp3) is 0.615. The zero-order valence-corrected chi connectivity index (χ0v) is 10.5. The molecule has 4 heteroatoms. The van der Waals surface area contributed by atoms with Crippen molar-refractivity contribution in [2.75, 3.05) is 26.4 Å². The lowest BCUT2D eigenvalue weighted by Crippen LogP contribution is -2.40. The Kier molecular flexibility index (Phi) is 4.48. The lowest BCUT2D eigenvalue weighted by molar-refractivity contribution is -0.102. The van der Waals surface area contributed by atoms with Gasteiger partial charge in [0.1, 0.15) is 6.10 Å². The summed E-state index contributed by atoms with van der Waals surface area (Å²) in [4.78, 5) is 4.34. The van der Waals surface area contributed by atoms with Crippen molar-refractivity contribution in [1.29, 1.82) is 0 Å². The topological polar surface area (TPSA) is 43.4 Å². The molecule has 0 radical (unpaired) electrons. The van der Waals surface area contributed by atoms with Gasteiger partial charge in [-0.1, -0.05) is 13.0 Å². The molecule has 1 aliphatic rings. The summed E-state index contributed by atoms with van der Waals surface area (Å²) in [7, 11) is 0. The predicted molar refractivity (Wildman–Crippen MR) is 66.0 cm³/mol. The van der Waals surface area contributed by atoms with Gasteiger partial charge in [-0.3, -0.25) is 4.98 Å². The van der Waals surface area contributed by atoms with Crippen LogP contribution in [0.5, 0.6) is 0 Å². The molecule has 0 saturated carbocycles. The Hall–Kier alpha value is -0.970. The molecular formula is C13H20N2O2. The van der Waals surface area contributed by atoms with Gasteiger partial charge < -0.3 is 14.8 Å². The second-order valence-corrected chi connectivity index (χ2v) is 4.25. The second kappa shape index (κ2) is 6.10. The van der Waals surface area contributed by atoms with E-state index in [4.69, 9.17) is 9.47 Å². The summed E-state index contributed by atoms with van der Waals surface area (Å²) in [5, 5.41) is 3.44. The molecule has 17 heavy (non-hydrogen) atoms. The molecule has 1 N–H and O–H groups in total. The molecular weight excluding hydrogens is 216 g/mol. The van der Waals surface area contributed by atoms with Gasteiger partial charge in [0.05, 0.1) is 25.9 Å². The highest BCUT2D eigenvalue weighted by Crippen LogP contribution is 2.21. The van der Waals surface area contributed by atoms with Gasteiger partial charge >= 0.3 is 0 Å². The molecule has 2 heterocycles. The van der Waals surface area contributed by atoms with Gasteiger partial charge in [0, 0.05) is 11.9 Å². The minimum atomic E-state index is 0.0770. The highest BCUT2D eigenvalue weighted by Gasteiger charge is 2.25. The Morgan fingerprint density at radius 2 is 2.35 bits per heavy atom. The Morgan fingerprint density at radius 3 is 2.94 bits per heavy atom. The normalized spacial score (nSPS) is 22.4. The number of pyridine rings is 1. The molecule has 1 fully saturated rings. The molecule has 2 unspecified atom stereocenters. The van der Waals surface area contributed by atoms with Crippen LogP contribution in [0, 0.1) is 6.92 Å². The molecule has 1 saturated heterocycles. The van der Waals surface area contributed by atoms with E-state index in [1.807, 2.05) is 19.2 Å². The van der Waals surface area contributed by atoms with E-state index in [1.165, 1.54) is 0 Å². The zero-order valence-electron chi connectivity index (χ0n) is 10.5. The molecule has 94 valence electrons. The van der Waals surface area contributed by atoms with Crippen LogP contribution in [0.1, 0.15) is 24.2 Å². The van der Waals surface area contributed by atoms with Crippen molar-refractivity contribution in [2.45, 2.75) is 26.0 Å². The number of aromatic nitrogens is 1. The summed E-state index contributed by atoms with van der Waals surface area (Å²) in [6.45, 7) is 7.00. The maximum atomic E-state index is 5.76. The van der Waals surface area contributed by atoms with Crippen LogP contribution in [0.4, 0.5) is 0 Å². The van der Waals surface area contributed by atoms with E-state index in [-0.39, 0.29) is 12.1 Å². The Bertz CT molecular complexity index is 334. The summed E-state index contributed by atoms with van der Waals surface area (Å²) in [5.74, 6) is 0. The van der Waals surface area contributed by atoms with Crippen LogP contribution in [0.2, 0.25) is 0 Å². The third-order valence-electron chi connectivity index (χ3n) is 2.93. The smallest absolute Gasteiger partial charge is 0.100 e. The number of hydrogen-bond donors (Lipinski definition) is 1. The first-order valence-corrected chi connectivity index (χ1v) is 6.16. The Morgan fingerprint density at radius 1 is 1.47 bits per heavy atom. The minimum Gasteiger partial charge on any atom is -0.376 e. The number of nitrogens with zero attached hydrogens (tertiary/aromatic N) is 1. The van der Waals surface area contributed by atoms with Gasteiger partial charge in [-0.15, -0.1) is 0 Å². The van der Waals surface area contributed by atoms with Crippen LogP contribution in [0.15, 0.2) is 18.3 Å². The van der Waals surface area contributed by atoms with Crippen molar-refractivity contribution in [1.82, 2.24) is 10.3 Å². The summed E-state index contributed by atoms with van der Waals surface area (Å²) in [6, 6.07) is 4.30. The predicted octanol–water partition coefficient (Wildman–Crippen LogP) is 1.46. The lowest BCUT2D eigenvalue weighted by Gasteiger charge is -2.31. The van der Waals surface area contributed by atoms with Crippen molar-refractivity contribution in [3.63, 3.8) is 0 Å². The molecule has 2 atom stereocenters. The maximum Gasteiger partial charge on any atom is 0.100 e. The molecule has 2 rings (SSSR count). The van der Waals surface area contributed by atoms with Gasteiger partial charge in [0.2, 0.25) is 0 Å². The molecule has 1 aliphatic heterocycles. The SMILES string of the molecule is CCNC(c1ccc(C)nc1)C1COCCO1. The van der Waals surface area contributed by atoms with E-state index < -0.39 is 0 Å². The number of aryl methyl sites for hydroxylation is 1. The van der Waals surface area contributed by atoms with E-state index in [1.54, 1.807) is 0 Å². The molecule has 1 aromatic heterocycles. The van der Waals surface area contributed by atoms with E-state index in [9.17, 15) is 0 Å². The summed E-state index contributed by atoms with van der Waals surface area (Å²) in [5.41, 5.74) is 2.19. The van der Waals surface area contributed by atoms with Crippen LogP contribution in [0.25, 0.3) is 0 Å². The molecule has 1 aromatic rings. The first kappa shape index (κ1) is 12.5. The summed E-state index contributed by atoms with van der Waals surface area (Å²) in [6.07, 6.45) is 1.99. The maximum absolute atomic E-state index is 5.76. The van der Waals surface area contributed by atoms with Crippen LogP contribution in [0.3, 0.4) is 0 Å². The van der Waals surface area contributed by atoms with Crippen molar-refractivity contribution < 1.29 is 9.47 Å². The molecule has 0 spiro atoms. The number of ether oxygens (including phenoxy) is 2. The summed E-state index contributed by atoms with van der Waals surface area (Å²) >= 11 is 0. The third-order valence-corrected chi connectivity index (χ3v) is 2.93. The van der Waals surface area contributed by atoms with Gasteiger partial charge in [-0.05, 0) is 25.1 Å². The second-order valence-electron chi connectivity index (χ2n) is 4.25. The minimum absolute atomic E-state index is 0.0770. The Labute approximate surface area is 102 Å². The summed E-state index contributed by atoms with van der Waals surface area (Å²) < 4.78 is 11.2. The fourth-order valence-electron chi connectivity index (χ4n) is 2.05. The molecule has 0 aromatic carbocycles. The molecule has 0 amide bonds. The van der Waals surface area contributed by atoms with Crippen molar-refractivity contribution in [3.8, 4) is 0 Å². The van der Waals surface area contributed by atoms with Crippen LogP contribution in [-0.4, -0.2) is 37.5 Å². The molecule has 4 nitrogen and oxygen atoms in total. The van der Waals surface area contributed by atoms with Gasteiger partial charge in [0.15, 0.2) is 0 Å². The number of likely N-dealkylation sites (N-methyl/N-ethyl adjacent to an activating group) is 1. The zero-order chi connectivity index (χ0) is 12.1. The average molecular weight is 236 g/mol. The van der Waals surface area contributed by atoms with Gasteiger partial charge in [-0.2, -0.15) is 0 Å². The largest absolute Gasteiger partial charge is 0.376 e. The molecule has 0 bridgehead atoms. The highest BCUT2D eigenvalue weighted by molar-refractivity contribution is 5.18. The third kappa shape index (κ3) is 3.25. The quantitative estimate of drug-likeness (QED) is 0.859. The lowest BCUT2D eigenvalue weighted by atomic mass is 10.0. The van der Waals surface area contributed by atoms with E-state index in [2.05, 4.69) is 23.3 Å².